The number of ether oxygens (including phenoxy) is 1. The number of hydrogen-bond acceptors (Lipinski definition) is 5. The first-order valence-electron chi connectivity index (χ1n) is 11.2. The van der Waals surface area contributed by atoms with Gasteiger partial charge in [0.2, 0.25) is 0 Å². The number of ketones is 2. The Hall–Kier alpha value is -3.73. The number of methoxy groups -OCH3 is 1. The molecule has 5 nitrogen and oxygen atoms in total. The largest absolute Gasteiger partial charge is 0.465 e. The van der Waals surface area contributed by atoms with Gasteiger partial charge < -0.3 is 10.1 Å². The molecule has 3 aromatic carbocycles. The van der Waals surface area contributed by atoms with E-state index in [-0.39, 0.29) is 11.6 Å². The van der Waals surface area contributed by atoms with Crippen LogP contribution in [0.15, 0.2) is 84.9 Å². The number of carbonyl (C=O) groups is 3. The molecule has 0 unspecified atom stereocenters. The predicted octanol–water partition coefficient (Wildman–Crippen LogP) is 5.97. The molecule has 0 radical (unpaired) electrons. The second kappa shape index (κ2) is 12.3. The highest BCUT2D eigenvalue weighted by Crippen LogP contribution is 2.18. The highest BCUT2D eigenvalue weighted by atomic mass is 16.5. The van der Waals surface area contributed by atoms with Gasteiger partial charge >= 0.3 is 5.97 Å². The number of carbonyl (C=O) groups excluding carboxylic acids is 3. The number of benzene rings is 3. The second-order valence-corrected chi connectivity index (χ2v) is 7.88. The summed E-state index contributed by atoms with van der Waals surface area (Å²) in [5.41, 5.74) is 2.61. The molecule has 5 heteroatoms. The molecule has 0 aliphatic rings. The molecule has 0 bridgehead atoms. The van der Waals surface area contributed by atoms with Crippen LogP contribution in [-0.2, 0) is 4.74 Å². The smallest absolute Gasteiger partial charge is 0.337 e. The maximum atomic E-state index is 13.1. The fourth-order valence-electron chi connectivity index (χ4n) is 3.67. The zero-order chi connectivity index (χ0) is 23.5. The predicted molar refractivity (Wildman–Crippen MR) is 130 cm³/mol. The summed E-state index contributed by atoms with van der Waals surface area (Å²) < 4.78 is 4.74. The Balaban J connectivity index is 1.58. The third-order valence-corrected chi connectivity index (χ3v) is 5.51. The van der Waals surface area contributed by atoms with Gasteiger partial charge in [0.25, 0.3) is 0 Å². The first-order chi connectivity index (χ1) is 16.1. The lowest BCUT2D eigenvalue weighted by Crippen LogP contribution is -2.29. The number of rotatable bonds is 12. The van der Waals surface area contributed by atoms with Crippen molar-refractivity contribution in [3.63, 3.8) is 0 Å². The molecule has 0 saturated heterocycles. The van der Waals surface area contributed by atoms with Crippen molar-refractivity contribution >= 4 is 23.2 Å². The van der Waals surface area contributed by atoms with E-state index in [1.165, 1.54) is 7.11 Å². The Labute approximate surface area is 194 Å². The number of nitrogens with one attached hydrogen (secondary N) is 1. The molecule has 33 heavy (non-hydrogen) atoms. The average molecular weight is 444 g/mol. The molecular weight excluding hydrogens is 414 g/mol. The van der Waals surface area contributed by atoms with Crippen molar-refractivity contribution < 1.29 is 19.1 Å². The first-order valence-corrected chi connectivity index (χ1v) is 11.2. The van der Waals surface area contributed by atoms with Crippen molar-refractivity contribution in [2.45, 2.75) is 38.1 Å². The lowest BCUT2D eigenvalue weighted by atomic mass is 9.97. The molecule has 1 N–H and O–H groups in total. The minimum atomic E-state index is -0.402. The summed E-state index contributed by atoms with van der Waals surface area (Å²) in [6.45, 7) is 0. The van der Waals surface area contributed by atoms with Crippen LogP contribution in [0, 0.1) is 0 Å². The average Bonchev–Trinajstić information content (AvgIpc) is 2.88. The summed E-state index contributed by atoms with van der Waals surface area (Å²) in [6.07, 6.45) is 3.61. The van der Waals surface area contributed by atoms with Gasteiger partial charge in [-0.1, -0.05) is 73.5 Å². The van der Waals surface area contributed by atoms with Crippen LogP contribution >= 0.6 is 0 Å². The Morgan fingerprint density at radius 3 is 1.94 bits per heavy atom. The minimum Gasteiger partial charge on any atom is -0.465 e. The van der Waals surface area contributed by atoms with E-state index < -0.39 is 12.0 Å². The molecule has 3 aromatic rings. The van der Waals surface area contributed by atoms with E-state index >= 15 is 0 Å². The molecule has 0 aliphatic carbocycles. The Kier molecular flexibility index (Phi) is 8.95. The van der Waals surface area contributed by atoms with Gasteiger partial charge in [-0.15, -0.1) is 0 Å². The van der Waals surface area contributed by atoms with Crippen molar-refractivity contribution in [1.29, 1.82) is 0 Å². The maximum Gasteiger partial charge on any atom is 0.337 e. The molecule has 1 atom stereocenters. The highest BCUT2D eigenvalue weighted by Gasteiger charge is 2.20. The summed E-state index contributed by atoms with van der Waals surface area (Å²) in [4.78, 5) is 37.1. The molecular formula is C28H29NO4. The molecule has 0 amide bonds. The lowest BCUT2D eigenvalue weighted by Gasteiger charge is -2.19. The summed E-state index contributed by atoms with van der Waals surface area (Å²) in [5, 5.41) is 3.32. The third-order valence-electron chi connectivity index (χ3n) is 5.51. The number of Topliss-reactive ketones (excluding diaryl/α,β-unsaturated/α-hetero) is 2. The second-order valence-electron chi connectivity index (χ2n) is 7.88. The topological polar surface area (TPSA) is 72.5 Å². The quantitative estimate of drug-likeness (QED) is 0.212. The Morgan fingerprint density at radius 1 is 0.727 bits per heavy atom. The summed E-state index contributed by atoms with van der Waals surface area (Å²) in [6, 6.07) is 25.0. The van der Waals surface area contributed by atoms with Gasteiger partial charge in [0, 0.05) is 23.2 Å². The van der Waals surface area contributed by atoms with Gasteiger partial charge in [-0.05, 0) is 37.1 Å². The van der Waals surface area contributed by atoms with Crippen molar-refractivity contribution in [3.8, 4) is 0 Å². The van der Waals surface area contributed by atoms with Crippen molar-refractivity contribution in [3.05, 3.63) is 102 Å². The highest BCUT2D eigenvalue weighted by molar-refractivity contribution is 6.01. The van der Waals surface area contributed by atoms with Crippen molar-refractivity contribution in [2.75, 3.05) is 12.4 Å². The molecule has 3 rings (SSSR count). The van der Waals surface area contributed by atoms with E-state index in [1.54, 1.807) is 24.3 Å². The van der Waals surface area contributed by atoms with E-state index in [1.807, 2.05) is 60.7 Å². The van der Waals surface area contributed by atoms with E-state index in [0.29, 0.717) is 24.0 Å². The Bertz CT molecular complexity index is 1050. The number of esters is 1. The van der Waals surface area contributed by atoms with Gasteiger partial charge in [0.05, 0.1) is 18.7 Å². The fourth-order valence-corrected chi connectivity index (χ4v) is 3.67. The van der Waals surface area contributed by atoms with Crippen molar-refractivity contribution in [2.24, 2.45) is 0 Å². The first kappa shape index (κ1) is 23.9. The summed E-state index contributed by atoms with van der Waals surface area (Å²) >= 11 is 0. The van der Waals surface area contributed by atoms with E-state index in [4.69, 9.17) is 4.74 Å². The lowest BCUT2D eigenvalue weighted by molar-refractivity contribution is 0.0600. The van der Waals surface area contributed by atoms with E-state index in [9.17, 15) is 14.4 Å². The fraction of sp³-hybridized carbons (Fsp3) is 0.250. The van der Waals surface area contributed by atoms with Crippen molar-refractivity contribution in [1.82, 2.24) is 0 Å². The van der Waals surface area contributed by atoms with Gasteiger partial charge in [-0.25, -0.2) is 4.79 Å². The van der Waals surface area contributed by atoms with Crippen LogP contribution in [0.4, 0.5) is 5.69 Å². The van der Waals surface area contributed by atoms with Crippen LogP contribution in [0.5, 0.6) is 0 Å². The molecule has 0 heterocycles. The minimum absolute atomic E-state index is 0.0213. The van der Waals surface area contributed by atoms with Gasteiger partial charge in [-0.3, -0.25) is 9.59 Å². The Morgan fingerprint density at radius 2 is 1.33 bits per heavy atom. The van der Waals surface area contributed by atoms with Crippen LogP contribution in [0.3, 0.4) is 0 Å². The summed E-state index contributed by atoms with van der Waals surface area (Å²) in [5.74, 6) is -0.229. The molecule has 170 valence electrons. The van der Waals surface area contributed by atoms with E-state index in [2.05, 4.69) is 5.32 Å². The number of hydrogen-bond donors (Lipinski definition) is 1. The molecule has 0 saturated carbocycles. The van der Waals surface area contributed by atoms with E-state index in [0.717, 1.165) is 30.5 Å². The zero-order valence-electron chi connectivity index (χ0n) is 18.8. The molecule has 0 aromatic heterocycles. The standard InChI is InChI=1S/C28H29NO4/c1-33-28(32)23-17-19-24(20-18-23)29-25(27(31)22-13-7-3-8-14-22)15-9-4-10-16-26(30)21-11-5-2-6-12-21/h2-3,5-8,11-14,17-20,25,29H,4,9-10,15-16H2,1H3/t25-/m0/s1. The van der Waals surface area contributed by atoms with Crippen LogP contribution in [0.1, 0.15) is 63.2 Å². The maximum absolute atomic E-state index is 13.1. The molecule has 0 spiro atoms. The molecule has 0 aliphatic heterocycles. The SMILES string of the molecule is COC(=O)c1ccc(N[C@@H](CCCCCC(=O)c2ccccc2)C(=O)c2ccccc2)cc1. The van der Waals surface area contributed by atoms with Gasteiger partial charge in [0.15, 0.2) is 11.6 Å². The zero-order valence-corrected chi connectivity index (χ0v) is 18.8. The van der Waals surface area contributed by atoms with Gasteiger partial charge in [-0.2, -0.15) is 0 Å². The molecule has 0 fully saturated rings. The monoisotopic (exact) mass is 443 g/mol. The van der Waals surface area contributed by atoms with Gasteiger partial charge in [0.1, 0.15) is 0 Å². The normalized spacial score (nSPS) is 11.4. The summed E-state index contributed by atoms with van der Waals surface area (Å²) in [7, 11) is 1.34. The number of unbranched alkanes of at least 4 members (excludes halogenated alkanes) is 2. The van der Waals surface area contributed by atoms with Crippen LogP contribution in [0.2, 0.25) is 0 Å². The third kappa shape index (κ3) is 7.14. The van der Waals surface area contributed by atoms with Crippen LogP contribution < -0.4 is 5.32 Å². The number of anilines is 1. The van der Waals surface area contributed by atoms with Crippen LogP contribution in [0.25, 0.3) is 0 Å². The van der Waals surface area contributed by atoms with Crippen LogP contribution in [-0.4, -0.2) is 30.7 Å².